The highest BCUT2D eigenvalue weighted by molar-refractivity contribution is 6.47. The average Bonchev–Trinajstić information content (AvgIpc) is 3.68. The molecule has 1 heterocycles. The lowest BCUT2D eigenvalue weighted by Gasteiger charge is -2.64. The Bertz CT molecular complexity index is 2130. The van der Waals surface area contributed by atoms with Crippen LogP contribution < -0.4 is 49.1 Å². The van der Waals surface area contributed by atoms with Crippen LogP contribution in [0.3, 0.4) is 0 Å². The number of aliphatic hydroxyl groups is 1. The molecule has 4 aliphatic rings. The van der Waals surface area contributed by atoms with E-state index < -0.39 is 90.9 Å². The highest BCUT2D eigenvalue weighted by Crippen LogP contribution is 2.65. The molecule has 3 aliphatic carbocycles. The summed E-state index contributed by atoms with van der Waals surface area (Å²) in [4.78, 5) is 92.5. The molecule has 0 spiro atoms. The summed E-state index contributed by atoms with van der Waals surface area (Å²) in [5, 5.41) is 26.1. The zero-order valence-electron chi connectivity index (χ0n) is 40.9. The van der Waals surface area contributed by atoms with Gasteiger partial charge in [-0.2, -0.15) is 0 Å². The van der Waals surface area contributed by atoms with E-state index >= 15 is 0 Å². The molecule has 1 aliphatic heterocycles. The predicted octanol–water partition coefficient (Wildman–Crippen LogP) is 1.22. The Morgan fingerprint density at radius 3 is 2.01 bits per heavy atom. The number of rotatable bonds is 26. The van der Waals surface area contributed by atoms with E-state index in [-0.39, 0.29) is 49.2 Å². The Hall–Kier alpha value is -5.41. The standard InChI is InChI=1S/C49H74BN9O10/c1-7-9-12-29-14-16-30(17-15-29)31-18-20-32(21-19-31)42(63)54-24-22-40(62)55-35(13-10-11-23-51)44(65)58-41(28(3)60)46(67)56-34(8-2)43(64)57-36(27-39(52)61)45(66)59-47(53)50-68-38-26-33-25-37(48(33,4)5)49(38,6)69-50/h14-21,28,33-38,41,47,60H,7-13,22-27,51,53H2,1-6H3,(H2,52,61)(H,54,63)(H,55,62)(H,56,67)(H,57,64)(H,58,65)(H,59,66)/t28?,33-,34-,35-,36?,37-,38+,41-,47+,49-/m0/s1. The number of nitrogens with one attached hydrogen (secondary N) is 6. The van der Waals surface area contributed by atoms with Gasteiger partial charge in [0.05, 0.1) is 24.2 Å². The first kappa shape index (κ1) is 54.5. The van der Waals surface area contributed by atoms with Crippen LogP contribution in [0.5, 0.6) is 0 Å². The van der Waals surface area contributed by atoms with Gasteiger partial charge in [0, 0.05) is 18.5 Å². The molecule has 3 saturated carbocycles. The fraction of sp³-hybridized carbons (Fsp3) is 0.612. The molecule has 0 aromatic heterocycles. The maximum Gasteiger partial charge on any atom is 0.497 e. The summed E-state index contributed by atoms with van der Waals surface area (Å²) in [6.07, 6.45) is 3.78. The molecule has 2 aromatic carbocycles. The van der Waals surface area contributed by atoms with Crippen LogP contribution in [0.1, 0.15) is 122 Å². The molecule has 6 rings (SSSR count). The summed E-state index contributed by atoms with van der Waals surface area (Å²) in [5.41, 5.74) is 20.7. The molecule has 2 aromatic rings. The molecule has 2 unspecified atom stereocenters. The minimum Gasteiger partial charge on any atom is -0.403 e. The van der Waals surface area contributed by atoms with Crippen molar-refractivity contribution in [3.63, 3.8) is 0 Å². The Morgan fingerprint density at radius 1 is 0.797 bits per heavy atom. The number of aryl methyl sites for hydroxylation is 1. The second-order valence-corrected chi connectivity index (χ2v) is 19.6. The third-order valence-electron chi connectivity index (χ3n) is 14.2. The van der Waals surface area contributed by atoms with Crippen molar-refractivity contribution in [2.75, 3.05) is 13.1 Å². The van der Waals surface area contributed by atoms with Gasteiger partial charge < -0.3 is 63.5 Å². The molecule has 378 valence electrons. The molecule has 7 amide bonds. The van der Waals surface area contributed by atoms with Gasteiger partial charge in [-0.05, 0) is 118 Å². The summed E-state index contributed by atoms with van der Waals surface area (Å²) in [7, 11) is -0.986. The van der Waals surface area contributed by atoms with E-state index in [4.69, 9.17) is 26.5 Å². The molecular formula is C49H74BN9O10. The highest BCUT2D eigenvalue weighted by Gasteiger charge is 2.68. The van der Waals surface area contributed by atoms with Crippen LogP contribution >= 0.6 is 0 Å². The van der Waals surface area contributed by atoms with Gasteiger partial charge in [0.2, 0.25) is 35.4 Å². The Morgan fingerprint density at radius 2 is 1.42 bits per heavy atom. The van der Waals surface area contributed by atoms with E-state index in [0.717, 1.165) is 43.2 Å². The molecule has 4 fully saturated rings. The summed E-state index contributed by atoms with van der Waals surface area (Å²) in [6.45, 7) is 11.7. The zero-order valence-corrected chi connectivity index (χ0v) is 40.9. The number of unbranched alkanes of at least 4 members (excludes halogenated alkanes) is 2. The largest absolute Gasteiger partial charge is 0.497 e. The number of primary amides is 1. The van der Waals surface area contributed by atoms with Crippen LogP contribution in [0.15, 0.2) is 48.5 Å². The fourth-order valence-electron chi connectivity index (χ4n) is 9.82. The monoisotopic (exact) mass is 960 g/mol. The minimum atomic E-state index is -1.58. The van der Waals surface area contributed by atoms with Crippen molar-refractivity contribution in [2.45, 2.75) is 160 Å². The zero-order chi connectivity index (χ0) is 50.6. The first-order chi connectivity index (χ1) is 32.7. The lowest BCUT2D eigenvalue weighted by atomic mass is 9.43. The van der Waals surface area contributed by atoms with Crippen molar-refractivity contribution >= 4 is 48.5 Å². The quantitative estimate of drug-likeness (QED) is 0.0362. The lowest BCUT2D eigenvalue weighted by molar-refractivity contribution is -0.199. The number of carbonyl (C=O) groups is 7. The molecule has 0 radical (unpaired) electrons. The van der Waals surface area contributed by atoms with Crippen LogP contribution in [0.4, 0.5) is 0 Å². The third-order valence-corrected chi connectivity index (χ3v) is 14.2. The second-order valence-electron chi connectivity index (χ2n) is 19.6. The van der Waals surface area contributed by atoms with Crippen molar-refractivity contribution in [1.82, 2.24) is 31.9 Å². The predicted molar refractivity (Wildman–Crippen MR) is 260 cm³/mol. The summed E-state index contributed by atoms with van der Waals surface area (Å²) >= 11 is 0. The molecule has 2 bridgehead atoms. The Balaban J connectivity index is 1.12. The van der Waals surface area contributed by atoms with Crippen molar-refractivity contribution in [2.24, 2.45) is 34.5 Å². The molecule has 13 N–H and O–H groups in total. The van der Waals surface area contributed by atoms with Crippen LogP contribution in [-0.4, -0.2) is 115 Å². The van der Waals surface area contributed by atoms with E-state index in [1.54, 1.807) is 19.1 Å². The summed E-state index contributed by atoms with van der Waals surface area (Å²) in [6, 6.07) is 8.82. The molecule has 1 saturated heterocycles. The van der Waals surface area contributed by atoms with Gasteiger partial charge in [0.25, 0.3) is 5.91 Å². The van der Waals surface area contributed by atoms with Crippen LogP contribution in [-0.2, 0) is 44.5 Å². The fourth-order valence-corrected chi connectivity index (χ4v) is 9.82. The molecule has 19 nitrogen and oxygen atoms in total. The molecule has 69 heavy (non-hydrogen) atoms. The van der Waals surface area contributed by atoms with Gasteiger partial charge in [-0.3, -0.25) is 33.6 Å². The first-order valence-electron chi connectivity index (χ1n) is 24.5. The highest BCUT2D eigenvalue weighted by atomic mass is 16.7. The smallest absolute Gasteiger partial charge is 0.403 e. The van der Waals surface area contributed by atoms with E-state index in [2.05, 4.69) is 76.9 Å². The Kier molecular flexibility index (Phi) is 19.3. The second kappa shape index (κ2) is 24.4. The lowest BCUT2D eigenvalue weighted by Crippen LogP contribution is -2.65. The molecular weight excluding hydrogens is 885 g/mol. The van der Waals surface area contributed by atoms with Crippen molar-refractivity contribution in [1.29, 1.82) is 0 Å². The average molecular weight is 960 g/mol. The normalized spacial score (nSPS) is 22.5. The van der Waals surface area contributed by atoms with E-state index in [9.17, 15) is 38.7 Å². The minimum absolute atomic E-state index is 0.00202. The molecule has 20 heteroatoms. The van der Waals surface area contributed by atoms with Crippen molar-refractivity contribution < 1.29 is 48.0 Å². The van der Waals surface area contributed by atoms with E-state index in [1.165, 1.54) is 12.5 Å². The number of aliphatic hydroxyl groups excluding tert-OH is 1. The van der Waals surface area contributed by atoms with Crippen molar-refractivity contribution in [3.8, 4) is 11.1 Å². The third kappa shape index (κ3) is 13.9. The van der Waals surface area contributed by atoms with Gasteiger partial charge in [-0.25, -0.2) is 0 Å². The maximum absolute atomic E-state index is 13.7. The van der Waals surface area contributed by atoms with Gasteiger partial charge in [-0.15, -0.1) is 0 Å². The number of hydrogen-bond acceptors (Lipinski definition) is 12. The topological polar surface area (TPSA) is 308 Å². The van der Waals surface area contributed by atoms with E-state index in [0.29, 0.717) is 30.9 Å². The number of hydrogen-bond donors (Lipinski definition) is 10. The van der Waals surface area contributed by atoms with Crippen LogP contribution in [0, 0.1) is 17.3 Å². The summed E-state index contributed by atoms with van der Waals surface area (Å²) < 4.78 is 12.5. The SMILES string of the molecule is CCCCc1ccc(-c2ccc(C(=O)NCCC(=O)N[C@@H](CCCCN)C(=O)N[C@H](C(=O)N[C@@H](CC)C(=O)NC(CC(N)=O)C(=O)N[C@@H](N)B3O[C@@H]4C[C@@H]5C[C@@H](C5(C)C)[C@]4(C)O3)C(C)O)cc2)cc1. The van der Waals surface area contributed by atoms with Crippen LogP contribution in [0.25, 0.3) is 11.1 Å². The van der Waals surface area contributed by atoms with E-state index in [1.807, 2.05) is 19.1 Å². The maximum atomic E-state index is 13.7. The Labute approximate surface area is 405 Å². The summed E-state index contributed by atoms with van der Waals surface area (Å²) in [5.74, 6) is -4.50. The van der Waals surface area contributed by atoms with Gasteiger partial charge in [0.1, 0.15) is 30.2 Å². The van der Waals surface area contributed by atoms with Crippen LogP contribution in [0.2, 0.25) is 0 Å². The number of nitrogens with two attached hydrogens (primary N) is 3. The number of benzene rings is 2. The number of amides is 7. The first-order valence-corrected chi connectivity index (χ1v) is 24.5. The van der Waals surface area contributed by atoms with Gasteiger partial charge in [0.15, 0.2) is 0 Å². The number of carbonyl (C=O) groups excluding carboxylic acids is 7. The van der Waals surface area contributed by atoms with Crippen molar-refractivity contribution in [3.05, 3.63) is 59.7 Å². The van der Waals surface area contributed by atoms with Gasteiger partial charge in [-0.1, -0.05) is 70.5 Å². The van der Waals surface area contributed by atoms with Gasteiger partial charge >= 0.3 is 7.12 Å². The molecule has 10 atom stereocenters.